The molecule has 3 N–H and O–H groups in total. The van der Waals surface area contributed by atoms with Gasteiger partial charge in [0.1, 0.15) is 22.9 Å². The highest BCUT2D eigenvalue weighted by Gasteiger charge is 2.68. The minimum absolute atomic E-state index is 0.0167. The number of anilines is 1. The highest BCUT2D eigenvalue weighted by molar-refractivity contribution is 6.09. The number of nitrogens with zero attached hydrogens (tertiary/aromatic N) is 1. The first-order valence-electron chi connectivity index (χ1n) is 9.50. The highest BCUT2D eigenvalue weighted by Crippen LogP contribution is 2.45. The smallest absolute Gasteiger partial charge is 0.425 e. The van der Waals surface area contributed by atoms with Gasteiger partial charge in [0.15, 0.2) is 0 Å². The SMILES string of the molecule is COc1ccc(-n2c3c(c(=O)[nH]c2=O)[C@@](NC(=O)c2ccccc2F)(C(F)(F)F)C(=O)N3)cc1. The molecule has 1 aliphatic heterocycles. The van der Waals surface area contributed by atoms with E-state index in [4.69, 9.17) is 4.74 Å². The molecule has 0 radical (unpaired) electrons. The van der Waals surface area contributed by atoms with E-state index in [9.17, 15) is 36.7 Å². The number of benzene rings is 2. The number of nitrogens with one attached hydrogen (secondary N) is 3. The monoisotopic (exact) mass is 478 g/mol. The second-order valence-electron chi connectivity index (χ2n) is 7.15. The van der Waals surface area contributed by atoms with Crippen molar-refractivity contribution in [1.29, 1.82) is 0 Å². The molecule has 0 unspecified atom stereocenters. The number of alkyl halides is 3. The van der Waals surface area contributed by atoms with Gasteiger partial charge < -0.3 is 15.4 Å². The molecule has 2 aromatic carbocycles. The number of amides is 2. The fourth-order valence-corrected chi connectivity index (χ4v) is 3.64. The van der Waals surface area contributed by atoms with Crippen molar-refractivity contribution in [2.75, 3.05) is 12.4 Å². The molecule has 0 spiro atoms. The van der Waals surface area contributed by atoms with E-state index in [1.54, 1.807) is 4.98 Å². The zero-order valence-electron chi connectivity index (χ0n) is 17.1. The van der Waals surface area contributed by atoms with E-state index >= 15 is 0 Å². The molecule has 0 saturated heterocycles. The number of rotatable bonds is 4. The van der Waals surface area contributed by atoms with Crippen LogP contribution in [0, 0.1) is 5.82 Å². The van der Waals surface area contributed by atoms with Gasteiger partial charge in [-0.25, -0.2) is 13.8 Å². The third kappa shape index (κ3) is 3.32. The van der Waals surface area contributed by atoms with Crippen molar-refractivity contribution < 1.29 is 31.9 Å². The molecular formula is C21H14F4N4O5. The first-order valence-corrected chi connectivity index (χ1v) is 9.50. The Kier molecular flexibility index (Phi) is 5.26. The molecule has 0 saturated carbocycles. The van der Waals surface area contributed by atoms with E-state index < -0.39 is 57.5 Å². The molecule has 9 nitrogen and oxygen atoms in total. The van der Waals surface area contributed by atoms with Crippen LogP contribution in [0.1, 0.15) is 15.9 Å². The number of aromatic nitrogens is 2. The summed E-state index contributed by atoms with van der Waals surface area (Å²) in [6.45, 7) is 0. The van der Waals surface area contributed by atoms with Crippen LogP contribution in [0.15, 0.2) is 58.1 Å². The van der Waals surface area contributed by atoms with Gasteiger partial charge >= 0.3 is 11.9 Å². The van der Waals surface area contributed by atoms with Crippen LogP contribution >= 0.6 is 0 Å². The Morgan fingerprint density at radius 3 is 2.29 bits per heavy atom. The summed E-state index contributed by atoms with van der Waals surface area (Å²) >= 11 is 0. The lowest BCUT2D eigenvalue weighted by atomic mass is 9.91. The van der Waals surface area contributed by atoms with Crippen molar-refractivity contribution in [1.82, 2.24) is 14.9 Å². The molecular weight excluding hydrogens is 464 g/mol. The van der Waals surface area contributed by atoms with E-state index in [2.05, 4.69) is 0 Å². The predicted molar refractivity (Wildman–Crippen MR) is 109 cm³/mol. The Morgan fingerprint density at radius 1 is 1.06 bits per heavy atom. The molecule has 3 aromatic rings. The molecule has 13 heteroatoms. The molecule has 1 atom stereocenters. The topological polar surface area (TPSA) is 122 Å². The molecule has 0 aliphatic carbocycles. The molecule has 4 rings (SSSR count). The van der Waals surface area contributed by atoms with Gasteiger partial charge in [-0.15, -0.1) is 0 Å². The number of methoxy groups -OCH3 is 1. The number of hydrogen-bond donors (Lipinski definition) is 3. The van der Waals surface area contributed by atoms with Crippen molar-refractivity contribution in [2.24, 2.45) is 0 Å². The van der Waals surface area contributed by atoms with E-state index in [-0.39, 0.29) is 5.69 Å². The molecule has 0 bridgehead atoms. The molecule has 1 aliphatic rings. The fourth-order valence-electron chi connectivity index (χ4n) is 3.64. The summed E-state index contributed by atoms with van der Waals surface area (Å²) < 4.78 is 62.9. The molecule has 1 aromatic heterocycles. The minimum Gasteiger partial charge on any atom is -0.497 e. The van der Waals surface area contributed by atoms with Crippen molar-refractivity contribution in [3.8, 4) is 11.4 Å². The molecule has 34 heavy (non-hydrogen) atoms. The largest absolute Gasteiger partial charge is 0.497 e. The third-order valence-electron chi connectivity index (χ3n) is 5.23. The van der Waals surface area contributed by atoms with Crippen LogP contribution in [-0.2, 0) is 10.3 Å². The number of aromatic amines is 1. The first kappa shape index (κ1) is 22.8. The Balaban J connectivity index is 1.97. The summed E-state index contributed by atoms with van der Waals surface area (Å²) in [5, 5.41) is 3.37. The summed E-state index contributed by atoms with van der Waals surface area (Å²) in [4.78, 5) is 52.2. The normalized spacial score (nSPS) is 17.1. The quantitative estimate of drug-likeness (QED) is 0.494. The van der Waals surface area contributed by atoms with Crippen LogP contribution < -0.4 is 26.6 Å². The zero-order valence-corrected chi connectivity index (χ0v) is 17.1. The van der Waals surface area contributed by atoms with Crippen molar-refractivity contribution >= 4 is 17.6 Å². The highest BCUT2D eigenvalue weighted by atomic mass is 19.4. The summed E-state index contributed by atoms with van der Waals surface area (Å²) in [7, 11) is 1.37. The van der Waals surface area contributed by atoms with Crippen LogP contribution in [0.2, 0.25) is 0 Å². The second-order valence-corrected chi connectivity index (χ2v) is 7.15. The maximum absolute atomic E-state index is 14.4. The maximum Gasteiger partial charge on any atom is 0.425 e. The maximum atomic E-state index is 14.4. The standard InChI is InChI=1S/C21H14F4N4O5/c1-34-11-8-6-10(7-9-11)29-15-14(17(31)27-19(29)33)20(18(32)26-15,21(23,24)25)28-16(30)12-4-2-3-5-13(12)22/h2-9H,1H3,(H,26,32)(H,28,30)(H,27,31,33)/t20-/m0/s1. The zero-order chi connectivity index (χ0) is 24.8. The van der Waals surface area contributed by atoms with Gasteiger partial charge in [0.2, 0.25) is 0 Å². The van der Waals surface area contributed by atoms with Crippen LogP contribution in [0.5, 0.6) is 5.75 Å². The van der Waals surface area contributed by atoms with Crippen molar-refractivity contribution in [3.63, 3.8) is 0 Å². The average Bonchev–Trinajstić information content (AvgIpc) is 3.07. The van der Waals surface area contributed by atoms with E-state index in [0.717, 1.165) is 12.1 Å². The molecule has 2 heterocycles. The van der Waals surface area contributed by atoms with Gasteiger partial charge in [-0.3, -0.25) is 19.4 Å². The van der Waals surface area contributed by atoms with Crippen LogP contribution in [0.3, 0.4) is 0 Å². The number of halogens is 4. The van der Waals surface area contributed by atoms with Gasteiger partial charge in [0.25, 0.3) is 22.9 Å². The van der Waals surface area contributed by atoms with E-state index in [0.29, 0.717) is 10.3 Å². The van der Waals surface area contributed by atoms with E-state index in [1.807, 2.05) is 5.32 Å². The first-order chi connectivity index (χ1) is 16.0. The Labute approximate surface area is 187 Å². The molecule has 2 amide bonds. The summed E-state index contributed by atoms with van der Waals surface area (Å²) in [6, 6.07) is 9.56. The number of hydrogen-bond acceptors (Lipinski definition) is 5. The molecule has 0 fully saturated rings. The van der Waals surface area contributed by atoms with Gasteiger partial charge in [-0.05, 0) is 36.4 Å². The lowest BCUT2D eigenvalue weighted by Gasteiger charge is -2.30. The summed E-state index contributed by atoms with van der Waals surface area (Å²) in [5.74, 6) is -5.02. The lowest BCUT2D eigenvalue weighted by Crippen LogP contribution is -2.62. The minimum atomic E-state index is -5.56. The van der Waals surface area contributed by atoms with Crippen molar-refractivity contribution in [2.45, 2.75) is 11.7 Å². The number of H-pyrrole nitrogens is 1. The Morgan fingerprint density at radius 2 is 1.71 bits per heavy atom. The number of carbonyl (C=O) groups is 2. The van der Waals surface area contributed by atoms with Crippen LogP contribution in [-0.4, -0.2) is 34.7 Å². The number of ether oxygens (including phenoxy) is 1. The Hall–Kier alpha value is -4.42. The lowest BCUT2D eigenvalue weighted by molar-refractivity contribution is -0.196. The summed E-state index contributed by atoms with van der Waals surface area (Å²) in [6.07, 6.45) is -5.56. The van der Waals surface area contributed by atoms with Gasteiger partial charge in [0.05, 0.1) is 18.4 Å². The van der Waals surface area contributed by atoms with Crippen LogP contribution in [0.25, 0.3) is 5.69 Å². The van der Waals surface area contributed by atoms with Crippen molar-refractivity contribution in [3.05, 3.63) is 86.3 Å². The average molecular weight is 478 g/mol. The van der Waals surface area contributed by atoms with Gasteiger partial charge in [-0.2, -0.15) is 13.2 Å². The van der Waals surface area contributed by atoms with Crippen LogP contribution in [0.4, 0.5) is 23.4 Å². The Bertz CT molecular complexity index is 1430. The second kappa shape index (κ2) is 7.86. The molecule has 176 valence electrons. The van der Waals surface area contributed by atoms with Gasteiger partial charge in [-0.1, -0.05) is 12.1 Å². The third-order valence-corrected chi connectivity index (χ3v) is 5.23. The van der Waals surface area contributed by atoms with E-state index in [1.165, 1.54) is 48.8 Å². The van der Waals surface area contributed by atoms with Gasteiger partial charge in [0, 0.05) is 0 Å². The number of fused-ring (bicyclic) bond motifs is 1. The number of carbonyl (C=O) groups excluding carboxylic acids is 2. The summed E-state index contributed by atoms with van der Waals surface area (Å²) in [5.41, 5.74) is -8.69. The predicted octanol–water partition coefficient (Wildman–Crippen LogP) is 1.81. The fraction of sp³-hybridized carbons (Fsp3) is 0.143.